The Kier molecular flexibility index (Phi) is 8.20. The molecule has 2 heteroatoms. The van der Waals surface area contributed by atoms with E-state index in [-0.39, 0.29) is 0 Å². The fourth-order valence-corrected chi connectivity index (χ4v) is 1.86. The Labute approximate surface area is 90.1 Å². The van der Waals surface area contributed by atoms with Gasteiger partial charge in [-0.05, 0) is 39.8 Å². The molecule has 0 heterocycles. The molecule has 1 unspecified atom stereocenters. The summed E-state index contributed by atoms with van der Waals surface area (Å²) in [6.45, 7) is 11.3. The van der Waals surface area contributed by atoms with E-state index in [0.717, 1.165) is 19.1 Å². The second kappa shape index (κ2) is 8.25. The highest BCUT2D eigenvalue weighted by molar-refractivity contribution is 4.73. The molecule has 0 saturated heterocycles. The third-order valence-electron chi connectivity index (χ3n) is 3.08. The lowest BCUT2D eigenvalue weighted by Gasteiger charge is -2.32. The van der Waals surface area contributed by atoms with Gasteiger partial charge in [-0.25, -0.2) is 0 Å². The predicted molar refractivity (Wildman–Crippen MR) is 64.8 cm³/mol. The Bertz CT molecular complexity index is 121. The summed E-state index contributed by atoms with van der Waals surface area (Å²) in [5, 5.41) is 3.48. The Hall–Kier alpha value is -0.0800. The van der Waals surface area contributed by atoms with Crippen molar-refractivity contribution < 1.29 is 0 Å². The Morgan fingerprint density at radius 1 is 1.14 bits per heavy atom. The first kappa shape index (κ1) is 13.9. The molecule has 0 rings (SSSR count). The van der Waals surface area contributed by atoms with E-state index in [9.17, 15) is 0 Å². The SMILES string of the molecule is CCCNCC(C)N(C)C(CC)CC. The molecular weight excluding hydrogens is 172 g/mol. The number of hydrogen-bond donors (Lipinski definition) is 1. The maximum Gasteiger partial charge on any atom is 0.0192 e. The fourth-order valence-electron chi connectivity index (χ4n) is 1.86. The van der Waals surface area contributed by atoms with Gasteiger partial charge in [-0.15, -0.1) is 0 Å². The summed E-state index contributed by atoms with van der Waals surface area (Å²) < 4.78 is 0. The highest BCUT2D eigenvalue weighted by atomic mass is 15.2. The molecule has 0 aliphatic carbocycles. The summed E-state index contributed by atoms with van der Waals surface area (Å²) in [7, 11) is 2.25. The van der Waals surface area contributed by atoms with E-state index < -0.39 is 0 Å². The van der Waals surface area contributed by atoms with E-state index in [4.69, 9.17) is 0 Å². The summed E-state index contributed by atoms with van der Waals surface area (Å²) in [5.41, 5.74) is 0. The minimum Gasteiger partial charge on any atom is -0.315 e. The van der Waals surface area contributed by atoms with Gasteiger partial charge >= 0.3 is 0 Å². The molecular formula is C12H28N2. The maximum absolute atomic E-state index is 3.48. The number of nitrogens with zero attached hydrogens (tertiary/aromatic N) is 1. The highest BCUT2D eigenvalue weighted by Crippen LogP contribution is 2.09. The second-order valence-electron chi connectivity index (χ2n) is 4.19. The van der Waals surface area contributed by atoms with E-state index in [2.05, 4.69) is 45.0 Å². The normalized spacial score (nSPS) is 13.9. The van der Waals surface area contributed by atoms with Gasteiger partial charge in [0.2, 0.25) is 0 Å². The minimum atomic E-state index is 0.645. The average Bonchev–Trinajstić information content (AvgIpc) is 2.19. The molecule has 1 N–H and O–H groups in total. The molecule has 0 bridgehead atoms. The first-order chi connectivity index (χ1) is 6.67. The van der Waals surface area contributed by atoms with Crippen LogP contribution in [0.4, 0.5) is 0 Å². The zero-order valence-electron chi connectivity index (χ0n) is 10.6. The summed E-state index contributed by atoms with van der Waals surface area (Å²) in [5.74, 6) is 0. The van der Waals surface area contributed by atoms with Crippen molar-refractivity contribution in [1.82, 2.24) is 10.2 Å². The quantitative estimate of drug-likeness (QED) is 0.606. The zero-order valence-corrected chi connectivity index (χ0v) is 10.6. The van der Waals surface area contributed by atoms with Crippen LogP contribution in [-0.4, -0.2) is 37.1 Å². The first-order valence-electron chi connectivity index (χ1n) is 6.09. The molecule has 1 atom stereocenters. The average molecular weight is 200 g/mol. The topological polar surface area (TPSA) is 15.3 Å². The van der Waals surface area contributed by atoms with Crippen molar-refractivity contribution >= 4 is 0 Å². The second-order valence-corrected chi connectivity index (χ2v) is 4.19. The van der Waals surface area contributed by atoms with Crippen molar-refractivity contribution in [3.8, 4) is 0 Å². The van der Waals surface area contributed by atoms with Crippen LogP contribution in [0.15, 0.2) is 0 Å². The van der Waals surface area contributed by atoms with E-state index in [0.29, 0.717) is 6.04 Å². The summed E-state index contributed by atoms with van der Waals surface area (Å²) >= 11 is 0. The van der Waals surface area contributed by atoms with Gasteiger partial charge < -0.3 is 5.32 Å². The predicted octanol–water partition coefficient (Wildman–Crippen LogP) is 2.49. The Balaban J connectivity index is 3.78. The van der Waals surface area contributed by atoms with E-state index in [1.165, 1.54) is 19.3 Å². The lowest BCUT2D eigenvalue weighted by atomic mass is 10.1. The number of likely N-dealkylation sites (N-methyl/N-ethyl adjacent to an activating group) is 1. The molecule has 0 aromatic carbocycles. The lowest BCUT2D eigenvalue weighted by molar-refractivity contribution is 0.171. The fraction of sp³-hybridized carbons (Fsp3) is 1.00. The smallest absolute Gasteiger partial charge is 0.0192 e. The van der Waals surface area contributed by atoms with Gasteiger partial charge in [0.1, 0.15) is 0 Å². The molecule has 2 nitrogen and oxygen atoms in total. The molecule has 0 fully saturated rings. The van der Waals surface area contributed by atoms with Crippen LogP contribution in [0.2, 0.25) is 0 Å². The van der Waals surface area contributed by atoms with Gasteiger partial charge in [-0.2, -0.15) is 0 Å². The van der Waals surface area contributed by atoms with Crippen molar-refractivity contribution in [1.29, 1.82) is 0 Å². The lowest BCUT2D eigenvalue weighted by Crippen LogP contribution is -2.43. The Morgan fingerprint density at radius 2 is 1.71 bits per heavy atom. The molecule has 0 aromatic heterocycles. The molecule has 0 aliphatic rings. The van der Waals surface area contributed by atoms with Gasteiger partial charge in [0.25, 0.3) is 0 Å². The third-order valence-corrected chi connectivity index (χ3v) is 3.08. The monoisotopic (exact) mass is 200 g/mol. The van der Waals surface area contributed by atoms with Crippen molar-refractivity contribution in [2.24, 2.45) is 0 Å². The van der Waals surface area contributed by atoms with Gasteiger partial charge in [-0.1, -0.05) is 20.8 Å². The molecule has 0 saturated carbocycles. The van der Waals surface area contributed by atoms with Gasteiger partial charge in [-0.3, -0.25) is 4.90 Å². The summed E-state index contributed by atoms with van der Waals surface area (Å²) in [4.78, 5) is 2.50. The van der Waals surface area contributed by atoms with Gasteiger partial charge in [0.15, 0.2) is 0 Å². The summed E-state index contributed by atoms with van der Waals surface area (Å²) in [6, 6.07) is 1.39. The first-order valence-corrected chi connectivity index (χ1v) is 6.09. The van der Waals surface area contributed by atoms with Crippen molar-refractivity contribution in [2.75, 3.05) is 20.1 Å². The molecule has 86 valence electrons. The van der Waals surface area contributed by atoms with Crippen LogP contribution in [-0.2, 0) is 0 Å². The maximum atomic E-state index is 3.48. The molecule has 0 aliphatic heterocycles. The molecule has 14 heavy (non-hydrogen) atoms. The van der Waals surface area contributed by atoms with E-state index >= 15 is 0 Å². The van der Waals surface area contributed by atoms with E-state index in [1.54, 1.807) is 0 Å². The van der Waals surface area contributed by atoms with Gasteiger partial charge in [0, 0.05) is 18.6 Å². The van der Waals surface area contributed by atoms with Crippen LogP contribution >= 0.6 is 0 Å². The number of rotatable bonds is 8. The third kappa shape index (κ3) is 4.97. The van der Waals surface area contributed by atoms with Crippen LogP contribution in [0, 0.1) is 0 Å². The zero-order chi connectivity index (χ0) is 11.0. The van der Waals surface area contributed by atoms with Crippen molar-refractivity contribution in [3.05, 3.63) is 0 Å². The molecule has 0 aromatic rings. The Morgan fingerprint density at radius 3 is 2.14 bits per heavy atom. The van der Waals surface area contributed by atoms with Crippen LogP contribution in [0.1, 0.15) is 47.0 Å². The largest absolute Gasteiger partial charge is 0.315 e. The highest BCUT2D eigenvalue weighted by Gasteiger charge is 2.15. The molecule has 0 amide bonds. The van der Waals surface area contributed by atoms with Crippen molar-refractivity contribution in [2.45, 2.75) is 59.0 Å². The molecule has 0 spiro atoms. The van der Waals surface area contributed by atoms with E-state index in [1.807, 2.05) is 0 Å². The number of hydrogen-bond acceptors (Lipinski definition) is 2. The van der Waals surface area contributed by atoms with Crippen LogP contribution < -0.4 is 5.32 Å². The minimum absolute atomic E-state index is 0.645. The van der Waals surface area contributed by atoms with Crippen LogP contribution in [0.25, 0.3) is 0 Å². The molecule has 0 radical (unpaired) electrons. The van der Waals surface area contributed by atoms with Gasteiger partial charge in [0.05, 0.1) is 0 Å². The van der Waals surface area contributed by atoms with Crippen LogP contribution in [0.5, 0.6) is 0 Å². The standard InChI is InChI=1S/C12H28N2/c1-6-9-13-10-11(4)14(5)12(7-2)8-3/h11-13H,6-10H2,1-5H3. The summed E-state index contributed by atoms with van der Waals surface area (Å²) in [6.07, 6.45) is 3.73. The van der Waals surface area contributed by atoms with Crippen molar-refractivity contribution in [3.63, 3.8) is 0 Å². The van der Waals surface area contributed by atoms with Crippen LogP contribution in [0.3, 0.4) is 0 Å². The number of nitrogens with one attached hydrogen (secondary N) is 1.